The normalized spacial score (nSPS) is 23.6. The molecule has 0 spiro atoms. The van der Waals surface area contributed by atoms with Crippen LogP contribution in [0, 0.1) is 11.3 Å². The van der Waals surface area contributed by atoms with Crippen molar-refractivity contribution < 1.29 is 9.53 Å². The molecule has 0 aromatic heterocycles. The van der Waals surface area contributed by atoms with Gasteiger partial charge in [-0.05, 0) is 11.3 Å². The minimum atomic E-state index is 0.0587. The van der Waals surface area contributed by atoms with Gasteiger partial charge in [0, 0.05) is 19.5 Å². The minimum Gasteiger partial charge on any atom is -0.377 e. The summed E-state index contributed by atoms with van der Waals surface area (Å²) in [6.07, 6.45) is 0.597. The van der Waals surface area contributed by atoms with Crippen LogP contribution in [0.15, 0.2) is 0 Å². The molecule has 2 unspecified atom stereocenters. The van der Waals surface area contributed by atoms with Crippen molar-refractivity contribution in [1.29, 1.82) is 0 Å². The zero-order chi connectivity index (χ0) is 13.1. The molecule has 1 heterocycles. The highest BCUT2D eigenvalue weighted by molar-refractivity contribution is 5.77. The zero-order valence-electron chi connectivity index (χ0n) is 11.5. The maximum Gasteiger partial charge on any atom is 0.223 e. The summed E-state index contributed by atoms with van der Waals surface area (Å²) in [5.74, 6) is 0.586. The fourth-order valence-electron chi connectivity index (χ4n) is 1.86. The molecule has 4 heteroatoms. The summed E-state index contributed by atoms with van der Waals surface area (Å²) in [5.41, 5.74) is 5.84. The summed E-state index contributed by atoms with van der Waals surface area (Å²) < 4.78 is 5.35. The van der Waals surface area contributed by atoms with E-state index in [1.54, 1.807) is 0 Å². The van der Waals surface area contributed by atoms with E-state index < -0.39 is 0 Å². The van der Waals surface area contributed by atoms with Gasteiger partial charge in [-0.3, -0.25) is 4.79 Å². The molecule has 4 nitrogen and oxygen atoms in total. The Balaban J connectivity index is 2.56. The average Bonchev–Trinajstić information content (AvgIpc) is 2.27. The first-order chi connectivity index (χ1) is 7.86. The monoisotopic (exact) mass is 242 g/mol. The predicted octanol–water partition coefficient (Wildman–Crippen LogP) is 1.24. The van der Waals surface area contributed by atoms with Gasteiger partial charge in [-0.2, -0.15) is 0 Å². The second-order valence-electron chi connectivity index (χ2n) is 6.02. The first kappa shape index (κ1) is 14.5. The van der Waals surface area contributed by atoms with E-state index in [-0.39, 0.29) is 17.4 Å². The van der Waals surface area contributed by atoms with Crippen LogP contribution in [0.3, 0.4) is 0 Å². The highest BCUT2D eigenvalue weighted by Gasteiger charge is 2.29. The van der Waals surface area contributed by atoms with E-state index in [2.05, 4.69) is 27.7 Å². The summed E-state index contributed by atoms with van der Waals surface area (Å²) in [6.45, 7) is 11.0. The van der Waals surface area contributed by atoms with Gasteiger partial charge >= 0.3 is 0 Å². The molecule has 2 atom stereocenters. The molecule has 2 N–H and O–H groups in total. The number of carbonyl (C=O) groups excluding carboxylic acids is 1. The third kappa shape index (κ3) is 3.96. The number of morpholine rings is 1. The van der Waals surface area contributed by atoms with Crippen molar-refractivity contribution in [2.45, 2.75) is 40.2 Å². The standard InChI is InChI=1S/C13H26N2O2/c1-10(13(2,3)4)7-12(16)15-5-6-17-9-11(15)8-14/h10-11H,5-9,14H2,1-4H3. The highest BCUT2D eigenvalue weighted by Crippen LogP contribution is 2.28. The van der Waals surface area contributed by atoms with Crippen molar-refractivity contribution in [1.82, 2.24) is 4.90 Å². The molecule has 1 aliphatic rings. The van der Waals surface area contributed by atoms with Crippen LogP contribution < -0.4 is 5.73 Å². The number of nitrogens with zero attached hydrogens (tertiary/aromatic N) is 1. The number of rotatable bonds is 3. The smallest absolute Gasteiger partial charge is 0.223 e. The Hall–Kier alpha value is -0.610. The highest BCUT2D eigenvalue weighted by atomic mass is 16.5. The van der Waals surface area contributed by atoms with Crippen LogP contribution in [0.5, 0.6) is 0 Å². The molecule has 0 aliphatic carbocycles. The lowest BCUT2D eigenvalue weighted by atomic mass is 9.80. The van der Waals surface area contributed by atoms with Crippen LogP contribution in [-0.2, 0) is 9.53 Å². The van der Waals surface area contributed by atoms with E-state index in [1.165, 1.54) is 0 Å². The van der Waals surface area contributed by atoms with E-state index in [0.29, 0.717) is 38.6 Å². The lowest BCUT2D eigenvalue weighted by molar-refractivity contribution is -0.141. The van der Waals surface area contributed by atoms with Crippen LogP contribution in [0.1, 0.15) is 34.1 Å². The molecule has 0 radical (unpaired) electrons. The molecule has 0 bridgehead atoms. The Morgan fingerprint density at radius 1 is 1.53 bits per heavy atom. The van der Waals surface area contributed by atoms with Crippen LogP contribution >= 0.6 is 0 Å². The Morgan fingerprint density at radius 3 is 2.71 bits per heavy atom. The maximum absolute atomic E-state index is 12.2. The van der Waals surface area contributed by atoms with Gasteiger partial charge in [0.05, 0.1) is 19.3 Å². The SMILES string of the molecule is CC(CC(=O)N1CCOCC1CN)C(C)(C)C. The number of hydrogen-bond donors (Lipinski definition) is 1. The van der Waals surface area contributed by atoms with Gasteiger partial charge in [-0.15, -0.1) is 0 Å². The number of amides is 1. The number of ether oxygens (including phenoxy) is 1. The summed E-state index contributed by atoms with van der Waals surface area (Å²) in [6, 6.07) is 0.0587. The predicted molar refractivity (Wildman–Crippen MR) is 68.6 cm³/mol. The Labute approximate surface area is 104 Å². The van der Waals surface area contributed by atoms with Gasteiger partial charge in [-0.1, -0.05) is 27.7 Å². The van der Waals surface area contributed by atoms with Gasteiger partial charge < -0.3 is 15.4 Å². The molecule has 1 amide bonds. The van der Waals surface area contributed by atoms with Crippen LogP contribution in [0.2, 0.25) is 0 Å². The summed E-state index contributed by atoms with van der Waals surface area (Å²) in [7, 11) is 0. The van der Waals surface area contributed by atoms with Crippen LogP contribution in [0.4, 0.5) is 0 Å². The number of carbonyl (C=O) groups is 1. The van der Waals surface area contributed by atoms with Crippen molar-refractivity contribution in [3.63, 3.8) is 0 Å². The van der Waals surface area contributed by atoms with E-state index in [4.69, 9.17) is 10.5 Å². The molecule has 1 fully saturated rings. The lowest BCUT2D eigenvalue weighted by Crippen LogP contribution is -2.52. The molecule has 100 valence electrons. The van der Waals surface area contributed by atoms with Gasteiger partial charge in [0.2, 0.25) is 5.91 Å². The Bertz CT molecular complexity index is 261. The van der Waals surface area contributed by atoms with E-state index in [1.807, 2.05) is 4.90 Å². The van der Waals surface area contributed by atoms with Crippen molar-refractivity contribution in [3.8, 4) is 0 Å². The van der Waals surface area contributed by atoms with E-state index >= 15 is 0 Å². The van der Waals surface area contributed by atoms with Gasteiger partial charge in [0.15, 0.2) is 0 Å². The van der Waals surface area contributed by atoms with E-state index in [0.717, 1.165) is 0 Å². The minimum absolute atomic E-state index is 0.0587. The fourth-order valence-corrected chi connectivity index (χ4v) is 1.86. The van der Waals surface area contributed by atoms with Gasteiger partial charge in [0.1, 0.15) is 0 Å². The van der Waals surface area contributed by atoms with Gasteiger partial charge in [-0.25, -0.2) is 0 Å². The Kier molecular flexibility index (Phi) is 4.95. The van der Waals surface area contributed by atoms with Crippen LogP contribution in [-0.4, -0.2) is 43.2 Å². The average molecular weight is 242 g/mol. The quantitative estimate of drug-likeness (QED) is 0.810. The molecule has 1 aliphatic heterocycles. The van der Waals surface area contributed by atoms with Crippen molar-refractivity contribution >= 4 is 5.91 Å². The topological polar surface area (TPSA) is 55.6 Å². The Morgan fingerprint density at radius 2 is 2.18 bits per heavy atom. The zero-order valence-corrected chi connectivity index (χ0v) is 11.5. The third-order valence-electron chi connectivity index (χ3n) is 3.78. The largest absolute Gasteiger partial charge is 0.377 e. The summed E-state index contributed by atoms with van der Waals surface area (Å²) in [4.78, 5) is 14.1. The molecule has 17 heavy (non-hydrogen) atoms. The van der Waals surface area contributed by atoms with Crippen molar-refractivity contribution in [2.75, 3.05) is 26.3 Å². The molecule has 1 saturated heterocycles. The maximum atomic E-state index is 12.2. The molecular weight excluding hydrogens is 216 g/mol. The second-order valence-corrected chi connectivity index (χ2v) is 6.02. The lowest BCUT2D eigenvalue weighted by Gasteiger charge is -2.37. The van der Waals surface area contributed by atoms with Crippen LogP contribution in [0.25, 0.3) is 0 Å². The second kappa shape index (κ2) is 5.83. The first-order valence-corrected chi connectivity index (χ1v) is 6.43. The van der Waals surface area contributed by atoms with Crippen molar-refractivity contribution in [3.05, 3.63) is 0 Å². The molecule has 1 rings (SSSR count). The summed E-state index contributed by atoms with van der Waals surface area (Å²) in [5, 5.41) is 0. The molecule has 0 saturated carbocycles. The molecule has 0 aromatic rings. The van der Waals surface area contributed by atoms with Crippen molar-refractivity contribution in [2.24, 2.45) is 17.1 Å². The third-order valence-corrected chi connectivity index (χ3v) is 3.78. The number of hydrogen-bond acceptors (Lipinski definition) is 3. The molecular formula is C13H26N2O2. The van der Waals surface area contributed by atoms with Gasteiger partial charge in [0.25, 0.3) is 0 Å². The summed E-state index contributed by atoms with van der Waals surface area (Å²) >= 11 is 0. The van der Waals surface area contributed by atoms with E-state index in [9.17, 15) is 4.79 Å². The molecule has 0 aromatic carbocycles. The first-order valence-electron chi connectivity index (χ1n) is 6.43. The number of nitrogens with two attached hydrogens (primary N) is 1. The fraction of sp³-hybridized carbons (Fsp3) is 0.923.